The molecule has 0 aromatic heterocycles. The van der Waals surface area contributed by atoms with Crippen LogP contribution >= 0.6 is 0 Å². The molecular weight excluding hydrogens is 336 g/mol. The lowest BCUT2D eigenvalue weighted by molar-refractivity contribution is -0.119. The highest BCUT2D eigenvalue weighted by Crippen LogP contribution is 2.24. The Bertz CT molecular complexity index is 813. The van der Waals surface area contributed by atoms with Gasteiger partial charge in [0.25, 0.3) is 10.0 Å². The summed E-state index contributed by atoms with van der Waals surface area (Å²) < 4.78 is 27.3. The molecule has 0 spiro atoms. The Balaban J connectivity index is 2.40. The summed E-state index contributed by atoms with van der Waals surface area (Å²) in [5.41, 5.74) is 2.46. The van der Waals surface area contributed by atoms with Crippen molar-refractivity contribution in [3.63, 3.8) is 0 Å². The van der Waals surface area contributed by atoms with Gasteiger partial charge in [0.1, 0.15) is 6.54 Å². The van der Waals surface area contributed by atoms with Crippen molar-refractivity contribution in [2.45, 2.75) is 32.1 Å². The van der Waals surface area contributed by atoms with E-state index >= 15 is 0 Å². The van der Waals surface area contributed by atoms with Crippen LogP contribution in [0.25, 0.3) is 0 Å². The van der Waals surface area contributed by atoms with Gasteiger partial charge in [-0.05, 0) is 44.5 Å². The normalized spacial score (nSPS) is 11.2. The molecule has 0 bridgehead atoms. The van der Waals surface area contributed by atoms with Gasteiger partial charge >= 0.3 is 0 Å². The molecule has 5 nitrogen and oxygen atoms in total. The Morgan fingerprint density at radius 1 is 0.960 bits per heavy atom. The molecule has 2 aromatic carbocycles. The van der Waals surface area contributed by atoms with Crippen LogP contribution in [-0.2, 0) is 14.8 Å². The van der Waals surface area contributed by atoms with Gasteiger partial charge in [0.05, 0.1) is 10.6 Å². The molecule has 0 atom stereocenters. The lowest BCUT2D eigenvalue weighted by Gasteiger charge is -2.24. The summed E-state index contributed by atoms with van der Waals surface area (Å²) >= 11 is 0. The summed E-state index contributed by atoms with van der Waals surface area (Å²) in [4.78, 5) is 12.3. The fraction of sp³-hybridized carbons (Fsp3) is 0.316. The highest BCUT2D eigenvalue weighted by molar-refractivity contribution is 7.92. The standard InChI is InChI=1S/C19H24N2O3S/c1-4-13-20-19(22)14-21(17-9-5-15(2)6-10-17)25(23,24)18-11-7-16(3)8-12-18/h5-12H,4,13-14H2,1-3H3,(H,20,22). The minimum Gasteiger partial charge on any atom is -0.355 e. The smallest absolute Gasteiger partial charge is 0.264 e. The molecule has 2 rings (SSSR count). The summed E-state index contributed by atoms with van der Waals surface area (Å²) in [6.45, 7) is 6.04. The molecule has 6 heteroatoms. The number of carbonyl (C=O) groups excluding carboxylic acids is 1. The van der Waals surface area contributed by atoms with Gasteiger partial charge in [0, 0.05) is 6.54 Å². The molecule has 0 aliphatic rings. The number of rotatable bonds is 7. The van der Waals surface area contributed by atoms with E-state index in [4.69, 9.17) is 0 Å². The van der Waals surface area contributed by atoms with Gasteiger partial charge in [0.2, 0.25) is 5.91 Å². The Hall–Kier alpha value is -2.34. The van der Waals surface area contributed by atoms with Gasteiger partial charge in [-0.25, -0.2) is 8.42 Å². The molecule has 0 saturated carbocycles. The molecule has 0 heterocycles. The first-order valence-corrected chi connectivity index (χ1v) is 9.71. The zero-order chi connectivity index (χ0) is 18.4. The number of hydrogen-bond acceptors (Lipinski definition) is 3. The lowest BCUT2D eigenvalue weighted by Crippen LogP contribution is -2.41. The zero-order valence-corrected chi connectivity index (χ0v) is 15.6. The number of hydrogen-bond donors (Lipinski definition) is 1. The van der Waals surface area contributed by atoms with Crippen LogP contribution in [0.2, 0.25) is 0 Å². The predicted molar refractivity (Wildman–Crippen MR) is 100 cm³/mol. The van der Waals surface area contributed by atoms with Gasteiger partial charge < -0.3 is 5.32 Å². The van der Waals surface area contributed by atoms with Crippen molar-refractivity contribution in [2.75, 3.05) is 17.4 Å². The first-order valence-electron chi connectivity index (χ1n) is 8.27. The first kappa shape index (κ1) is 19.0. The second kappa shape index (κ2) is 8.16. The number of benzene rings is 2. The lowest BCUT2D eigenvalue weighted by atomic mass is 10.2. The molecule has 0 aliphatic heterocycles. The van der Waals surface area contributed by atoms with Crippen molar-refractivity contribution in [3.05, 3.63) is 59.7 Å². The van der Waals surface area contributed by atoms with Crippen LogP contribution in [0.3, 0.4) is 0 Å². The molecule has 0 fully saturated rings. The van der Waals surface area contributed by atoms with Gasteiger partial charge in [-0.3, -0.25) is 9.10 Å². The van der Waals surface area contributed by atoms with E-state index in [1.54, 1.807) is 36.4 Å². The Morgan fingerprint density at radius 2 is 1.48 bits per heavy atom. The minimum atomic E-state index is -3.83. The molecule has 1 N–H and O–H groups in total. The van der Waals surface area contributed by atoms with E-state index in [9.17, 15) is 13.2 Å². The molecule has 1 amide bonds. The number of anilines is 1. The van der Waals surface area contributed by atoms with Crippen molar-refractivity contribution in [1.82, 2.24) is 5.32 Å². The molecule has 25 heavy (non-hydrogen) atoms. The van der Waals surface area contributed by atoms with Crippen LogP contribution in [0, 0.1) is 13.8 Å². The number of amides is 1. The van der Waals surface area contributed by atoms with E-state index in [0.29, 0.717) is 12.2 Å². The van der Waals surface area contributed by atoms with Crippen LogP contribution in [0.4, 0.5) is 5.69 Å². The highest BCUT2D eigenvalue weighted by Gasteiger charge is 2.26. The second-order valence-electron chi connectivity index (χ2n) is 6.01. The van der Waals surface area contributed by atoms with Crippen molar-refractivity contribution in [2.24, 2.45) is 0 Å². The summed E-state index contributed by atoms with van der Waals surface area (Å²) in [6, 6.07) is 13.7. The van der Waals surface area contributed by atoms with Gasteiger partial charge in [-0.15, -0.1) is 0 Å². The van der Waals surface area contributed by atoms with Crippen molar-refractivity contribution in [3.8, 4) is 0 Å². The number of nitrogens with zero attached hydrogens (tertiary/aromatic N) is 1. The second-order valence-corrected chi connectivity index (χ2v) is 7.87. The number of sulfonamides is 1. The summed E-state index contributed by atoms with van der Waals surface area (Å²) in [5.74, 6) is -0.321. The van der Waals surface area contributed by atoms with Crippen molar-refractivity contribution < 1.29 is 13.2 Å². The third-order valence-electron chi connectivity index (χ3n) is 3.79. The summed E-state index contributed by atoms with van der Waals surface area (Å²) in [6.07, 6.45) is 0.793. The first-order chi connectivity index (χ1) is 11.8. The quantitative estimate of drug-likeness (QED) is 0.825. The highest BCUT2D eigenvalue weighted by atomic mass is 32.2. The molecule has 0 radical (unpaired) electrons. The number of nitrogens with one attached hydrogen (secondary N) is 1. The van der Waals surface area contributed by atoms with Crippen LogP contribution < -0.4 is 9.62 Å². The minimum absolute atomic E-state index is 0.168. The Morgan fingerprint density at radius 3 is 2.00 bits per heavy atom. The average molecular weight is 360 g/mol. The number of carbonyl (C=O) groups is 1. The molecule has 2 aromatic rings. The van der Waals surface area contributed by atoms with Crippen LogP contribution in [0.1, 0.15) is 24.5 Å². The maximum Gasteiger partial charge on any atom is 0.264 e. The molecule has 0 saturated heterocycles. The number of aryl methyl sites for hydroxylation is 2. The van der Waals surface area contributed by atoms with E-state index in [-0.39, 0.29) is 17.3 Å². The van der Waals surface area contributed by atoms with Gasteiger partial charge in [-0.1, -0.05) is 42.3 Å². The topological polar surface area (TPSA) is 66.5 Å². The van der Waals surface area contributed by atoms with Crippen LogP contribution in [0.5, 0.6) is 0 Å². The predicted octanol–water partition coefficient (Wildman–Crippen LogP) is 3.02. The molecular formula is C19H24N2O3S. The zero-order valence-electron chi connectivity index (χ0n) is 14.8. The Kier molecular flexibility index (Phi) is 6.20. The van der Waals surface area contributed by atoms with Crippen molar-refractivity contribution >= 4 is 21.6 Å². The van der Waals surface area contributed by atoms with Crippen molar-refractivity contribution in [1.29, 1.82) is 0 Å². The largest absolute Gasteiger partial charge is 0.355 e. The molecule has 0 aliphatic carbocycles. The SMILES string of the molecule is CCCNC(=O)CN(c1ccc(C)cc1)S(=O)(=O)c1ccc(C)cc1. The van der Waals surface area contributed by atoms with E-state index in [0.717, 1.165) is 21.9 Å². The van der Waals surface area contributed by atoms with E-state index in [1.165, 1.54) is 0 Å². The monoisotopic (exact) mass is 360 g/mol. The van der Waals surface area contributed by atoms with Gasteiger partial charge in [0.15, 0.2) is 0 Å². The van der Waals surface area contributed by atoms with E-state index in [2.05, 4.69) is 5.32 Å². The maximum atomic E-state index is 13.1. The third-order valence-corrected chi connectivity index (χ3v) is 5.58. The molecule has 0 unspecified atom stereocenters. The third kappa shape index (κ3) is 4.82. The van der Waals surface area contributed by atoms with Gasteiger partial charge in [-0.2, -0.15) is 0 Å². The average Bonchev–Trinajstić information content (AvgIpc) is 2.59. The summed E-state index contributed by atoms with van der Waals surface area (Å²) in [7, 11) is -3.83. The van der Waals surface area contributed by atoms with Crippen LogP contribution in [-0.4, -0.2) is 27.4 Å². The fourth-order valence-corrected chi connectivity index (χ4v) is 3.74. The van der Waals surface area contributed by atoms with E-state index < -0.39 is 10.0 Å². The maximum absolute atomic E-state index is 13.1. The van der Waals surface area contributed by atoms with E-state index in [1.807, 2.05) is 32.9 Å². The van der Waals surface area contributed by atoms with Crippen LogP contribution in [0.15, 0.2) is 53.4 Å². The fourth-order valence-electron chi connectivity index (χ4n) is 2.31. The summed E-state index contributed by atoms with van der Waals surface area (Å²) in [5, 5.41) is 2.73. The molecule has 134 valence electrons. The Labute approximate surface area is 149 Å².